The minimum absolute atomic E-state index is 0.136. The molecule has 3 aromatic rings. The molecule has 0 aliphatic carbocycles. The van der Waals surface area contributed by atoms with Gasteiger partial charge in [-0.25, -0.2) is 4.39 Å². The van der Waals surface area contributed by atoms with Gasteiger partial charge in [0.2, 0.25) is 0 Å². The van der Waals surface area contributed by atoms with Crippen LogP contribution < -0.4 is 11.1 Å². The van der Waals surface area contributed by atoms with E-state index >= 15 is 4.39 Å². The Labute approximate surface area is 205 Å². The first-order valence-electron chi connectivity index (χ1n) is 10.9. The van der Waals surface area contributed by atoms with Gasteiger partial charge in [-0.3, -0.25) is 4.79 Å². The van der Waals surface area contributed by atoms with E-state index in [0.717, 1.165) is 12.5 Å². The average molecular weight is 536 g/mol. The Morgan fingerprint density at radius 1 is 0.838 bits per heavy atom. The van der Waals surface area contributed by atoms with E-state index in [1.54, 1.807) is 30.3 Å². The maximum atomic E-state index is 15.0. The Bertz CT molecular complexity index is 1330. The first-order valence-corrected chi connectivity index (χ1v) is 10.9. The number of amides is 1. The Balaban J connectivity index is 2.14. The lowest BCUT2D eigenvalue weighted by Crippen LogP contribution is -2.59. The van der Waals surface area contributed by atoms with Crippen LogP contribution in [0.4, 0.5) is 45.2 Å². The predicted molar refractivity (Wildman–Crippen MR) is 120 cm³/mol. The van der Waals surface area contributed by atoms with Crippen molar-refractivity contribution in [1.82, 2.24) is 0 Å². The number of carbonyl (C=O) groups is 1. The number of alkyl halides is 9. The number of fused-ring (bicyclic) bond motifs is 1. The molecule has 0 saturated heterocycles. The Kier molecular flexibility index (Phi) is 7.30. The summed E-state index contributed by atoms with van der Waals surface area (Å²) < 4.78 is 122. The third-order valence-corrected chi connectivity index (χ3v) is 6.09. The molecular weight excluding hydrogens is 515 g/mol. The van der Waals surface area contributed by atoms with Crippen molar-refractivity contribution in [3.63, 3.8) is 0 Å². The van der Waals surface area contributed by atoms with E-state index in [2.05, 4.69) is 5.32 Å². The second-order valence-electron chi connectivity index (χ2n) is 8.39. The average Bonchev–Trinajstić information content (AvgIpc) is 2.82. The summed E-state index contributed by atoms with van der Waals surface area (Å²) in [4.78, 5) is 13.1. The fraction of sp³-hybridized carbons (Fsp3) is 0.320. The van der Waals surface area contributed by atoms with Crippen molar-refractivity contribution < 1.29 is 44.3 Å². The minimum Gasteiger partial charge on any atom is -0.326 e. The fourth-order valence-corrected chi connectivity index (χ4v) is 4.15. The normalized spacial score (nSPS) is 14.5. The number of nitrogens with two attached hydrogens (primary N) is 1. The van der Waals surface area contributed by atoms with Crippen molar-refractivity contribution in [1.29, 1.82) is 0 Å². The predicted octanol–water partition coefficient (Wildman–Crippen LogP) is 7.35. The highest BCUT2D eigenvalue weighted by Gasteiger charge is 2.81. The molecule has 3 N–H and O–H groups in total. The molecule has 0 aromatic heterocycles. The number of hydrogen-bond donors (Lipinski definition) is 2. The van der Waals surface area contributed by atoms with Crippen LogP contribution in [0.15, 0.2) is 48.5 Å². The van der Waals surface area contributed by atoms with Crippen LogP contribution >= 0.6 is 0 Å². The molecule has 37 heavy (non-hydrogen) atoms. The van der Waals surface area contributed by atoms with E-state index in [0.29, 0.717) is 10.8 Å². The zero-order valence-electron chi connectivity index (χ0n) is 19.4. The van der Waals surface area contributed by atoms with Crippen LogP contribution in [0.1, 0.15) is 39.5 Å². The van der Waals surface area contributed by atoms with Crippen molar-refractivity contribution in [3.05, 3.63) is 76.3 Å². The summed E-state index contributed by atoms with van der Waals surface area (Å²) in [6.45, 7) is 2.60. The number of benzene rings is 3. The largest absolute Gasteiger partial charge is 0.457 e. The molecule has 3 nitrogen and oxygen atoms in total. The van der Waals surface area contributed by atoms with Crippen LogP contribution in [-0.4, -0.2) is 24.2 Å². The molecule has 0 saturated carbocycles. The summed E-state index contributed by atoms with van der Waals surface area (Å²) in [6, 6.07) is 10.3. The number of anilines is 1. The van der Waals surface area contributed by atoms with E-state index in [9.17, 15) is 39.9 Å². The third kappa shape index (κ3) is 4.62. The van der Waals surface area contributed by atoms with Crippen LogP contribution in [0, 0.1) is 6.92 Å². The first kappa shape index (κ1) is 28.3. The number of nitrogens with one attached hydrogen (secondary N) is 1. The quantitative estimate of drug-likeness (QED) is 0.324. The van der Waals surface area contributed by atoms with Crippen molar-refractivity contribution in [2.45, 2.75) is 50.8 Å². The van der Waals surface area contributed by atoms with E-state index in [4.69, 9.17) is 5.73 Å². The van der Waals surface area contributed by atoms with Gasteiger partial charge in [0.25, 0.3) is 5.91 Å². The van der Waals surface area contributed by atoms with Gasteiger partial charge < -0.3 is 11.1 Å². The van der Waals surface area contributed by atoms with Gasteiger partial charge in [-0.1, -0.05) is 43.3 Å². The Hall–Kier alpha value is -3.28. The van der Waals surface area contributed by atoms with Gasteiger partial charge in [0, 0.05) is 23.4 Å². The molecule has 0 aliphatic rings. The topological polar surface area (TPSA) is 55.1 Å². The molecule has 3 rings (SSSR count). The zero-order chi connectivity index (χ0) is 28.0. The second-order valence-corrected chi connectivity index (χ2v) is 8.39. The van der Waals surface area contributed by atoms with Crippen LogP contribution in [-0.2, 0) is 18.6 Å². The molecule has 1 unspecified atom stereocenters. The highest BCUT2D eigenvalue weighted by molar-refractivity contribution is 6.13. The molecule has 0 aliphatic heterocycles. The summed E-state index contributed by atoms with van der Waals surface area (Å²) in [5.74, 6) is -7.52. The van der Waals surface area contributed by atoms with Gasteiger partial charge in [0.1, 0.15) is 0 Å². The van der Waals surface area contributed by atoms with Crippen LogP contribution in [0.25, 0.3) is 10.8 Å². The standard InChI is InChI=1S/C25H21F9N2O/c1-3-14-11-16(22(26,24(29,30)31)23(27,28)25(32,33)34)10-13(2)20(14)36-21(37)19-9-8-15(12-35)17-6-4-5-7-18(17)19/h4-11H,3,12,35H2,1-2H3,(H,36,37). The van der Waals surface area contributed by atoms with Crippen LogP contribution in [0.5, 0.6) is 0 Å². The highest BCUT2D eigenvalue weighted by Crippen LogP contribution is 2.58. The lowest BCUT2D eigenvalue weighted by molar-refractivity contribution is -0.389. The Morgan fingerprint density at radius 2 is 1.43 bits per heavy atom. The van der Waals surface area contributed by atoms with Gasteiger partial charge in [0.05, 0.1) is 0 Å². The molecule has 200 valence electrons. The number of hydrogen-bond acceptors (Lipinski definition) is 2. The van der Waals surface area contributed by atoms with Gasteiger partial charge in [-0.05, 0) is 52.9 Å². The molecule has 3 aromatic carbocycles. The molecule has 0 radical (unpaired) electrons. The SMILES string of the molecule is CCc1cc(C(F)(C(F)(F)F)C(F)(F)C(F)(F)F)cc(C)c1NC(=O)c1ccc(CN)c2ccccc12. The Morgan fingerprint density at radius 3 is 1.95 bits per heavy atom. The van der Waals surface area contributed by atoms with Crippen LogP contribution in [0.3, 0.4) is 0 Å². The summed E-state index contributed by atoms with van der Waals surface area (Å²) in [6.07, 6.45) is -13.7. The molecular formula is C25H21F9N2O. The molecule has 0 fully saturated rings. The van der Waals surface area contributed by atoms with Gasteiger partial charge in [0.15, 0.2) is 0 Å². The number of aryl methyl sites for hydroxylation is 2. The minimum atomic E-state index is -6.83. The number of rotatable bonds is 6. The third-order valence-electron chi connectivity index (χ3n) is 6.09. The summed E-state index contributed by atoms with van der Waals surface area (Å²) in [7, 11) is 0. The van der Waals surface area contributed by atoms with E-state index in [1.807, 2.05) is 0 Å². The molecule has 1 amide bonds. The monoisotopic (exact) mass is 536 g/mol. The van der Waals surface area contributed by atoms with E-state index in [1.165, 1.54) is 13.0 Å². The fourth-order valence-electron chi connectivity index (χ4n) is 4.15. The molecule has 0 spiro atoms. The van der Waals surface area contributed by atoms with Gasteiger partial charge in [-0.2, -0.15) is 35.1 Å². The molecule has 12 heteroatoms. The van der Waals surface area contributed by atoms with E-state index in [-0.39, 0.29) is 47.5 Å². The lowest BCUT2D eigenvalue weighted by Gasteiger charge is -2.36. The van der Waals surface area contributed by atoms with Gasteiger partial charge >= 0.3 is 23.9 Å². The van der Waals surface area contributed by atoms with Crippen LogP contribution in [0.2, 0.25) is 0 Å². The maximum Gasteiger partial charge on any atom is 0.457 e. The first-order chi connectivity index (χ1) is 17.0. The summed E-state index contributed by atoms with van der Waals surface area (Å²) in [5.41, 5.74) is -2.12. The lowest BCUT2D eigenvalue weighted by atomic mass is 9.85. The van der Waals surface area contributed by atoms with Crippen molar-refractivity contribution >= 4 is 22.4 Å². The zero-order valence-corrected chi connectivity index (χ0v) is 19.4. The molecule has 0 heterocycles. The highest BCUT2D eigenvalue weighted by atomic mass is 19.4. The second kappa shape index (κ2) is 9.55. The van der Waals surface area contributed by atoms with Crippen molar-refractivity contribution in [2.75, 3.05) is 5.32 Å². The van der Waals surface area contributed by atoms with Crippen molar-refractivity contribution in [2.24, 2.45) is 5.73 Å². The molecule has 0 bridgehead atoms. The van der Waals surface area contributed by atoms with E-state index < -0.39 is 35.4 Å². The smallest absolute Gasteiger partial charge is 0.326 e. The molecule has 1 atom stereocenters. The van der Waals surface area contributed by atoms with Gasteiger partial charge in [-0.15, -0.1) is 0 Å². The summed E-state index contributed by atoms with van der Waals surface area (Å²) >= 11 is 0. The number of halogens is 9. The summed E-state index contributed by atoms with van der Waals surface area (Å²) in [5, 5.41) is 3.65. The number of carbonyl (C=O) groups excluding carboxylic acids is 1. The van der Waals surface area contributed by atoms with Crippen molar-refractivity contribution in [3.8, 4) is 0 Å². The maximum absolute atomic E-state index is 15.0.